The molecule has 164 valence electrons. The SMILES string of the molecule is CC(C)[C@@H](C)/C=C/[C@@H](C)[C@H]1C[C@H](O)C2=C3C=CC4=CC(=O)CC[C@]4(C)C3CC[C@@]21C. The van der Waals surface area contributed by atoms with E-state index in [-0.39, 0.29) is 22.7 Å². The van der Waals surface area contributed by atoms with Gasteiger partial charge in [-0.25, -0.2) is 0 Å². The lowest BCUT2D eigenvalue weighted by Gasteiger charge is -2.51. The highest BCUT2D eigenvalue weighted by atomic mass is 16.3. The highest BCUT2D eigenvalue weighted by Crippen LogP contribution is 2.63. The van der Waals surface area contributed by atoms with Crippen LogP contribution in [-0.2, 0) is 4.79 Å². The second-order valence-corrected chi connectivity index (χ2v) is 11.4. The zero-order valence-corrected chi connectivity index (χ0v) is 19.7. The van der Waals surface area contributed by atoms with Crippen molar-refractivity contribution in [1.82, 2.24) is 0 Å². The second-order valence-electron chi connectivity index (χ2n) is 11.4. The van der Waals surface area contributed by atoms with E-state index in [0.717, 1.165) is 25.7 Å². The van der Waals surface area contributed by atoms with Crippen LogP contribution < -0.4 is 0 Å². The minimum atomic E-state index is -0.333. The van der Waals surface area contributed by atoms with Crippen LogP contribution in [0.2, 0.25) is 0 Å². The van der Waals surface area contributed by atoms with Crippen LogP contribution in [0.15, 0.2) is 47.1 Å². The molecule has 0 aromatic rings. The van der Waals surface area contributed by atoms with Gasteiger partial charge in [0.1, 0.15) is 0 Å². The van der Waals surface area contributed by atoms with Crippen molar-refractivity contribution in [2.45, 2.75) is 79.8 Å². The van der Waals surface area contributed by atoms with Gasteiger partial charge in [0, 0.05) is 6.42 Å². The van der Waals surface area contributed by atoms with Crippen LogP contribution in [0.1, 0.15) is 73.6 Å². The lowest BCUT2D eigenvalue weighted by Crippen LogP contribution is -2.42. The number of ketones is 1. The number of hydrogen-bond donors (Lipinski definition) is 1. The Labute approximate surface area is 183 Å². The van der Waals surface area contributed by atoms with E-state index in [9.17, 15) is 9.90 Å². The first-order valence-corrected chi connectivity index (χ1v) is 12.1. The number of aliphatic hydroxyl groups excluding tert-OH is 1. The first-order valence-electron chi connectivity index (χ1n) is 12.1. The Kier molecular flexibility index (Phi) is 5.54. The molecule has 0 bridgehead atoms. The summed E-state index contributed by atoms with van der Waals surface area (Å²) in [6.07, 6.45) is 15.5. The summed E-state index contributed by atoms with van der Waals surface area (Å²) < 4.78 is 0. The number of carbonyl (C=O) groups is 1. The Morgan fingerprint density at radius 1 is 1.07 bits per heavy atom. The number of fused-ring (bicyclic) bond motifs is 4. The minimum Gasteiger partial charge on any atom is -0.389 e. The quantitative estimate of drug-likeness (QED) is 0.544. The Morgan fingerprint density at radius 2 is 1.80 bits per heavy atom. The van der Waals surface area contributed by atoms with E-state index >= 15 is 0 Å². The molecule has 1 N–H and O–H groups in total. The van der Waals surface area contributed by atoms with Crippen LogP contribution in [0.4, 0.5) is 0 Å². The summed E-state index contributed by atoms with van der Waals surface area (Å²) in [6.45, 7) is 14.0. The zero-order chi connectivity index (χ0) is 21.8. The molecular weight excluding hydrogens is 368 g/mol. The van der Waals surface area contributed by atoms with Gasteiger partial charge in [0.15, 0.2) is 5.78 Å². The third kappa shape index (κ3) is 3.30. The van der Waals surface area contributed by atoms with E-state index < -0.39 is 0 Å². The molecule has 30 heavy (non-hydrogen) atoms. The minimum absolute atomic E-state index is 0.0440. The maximum atomic E-state index is 12.0. The molecule has 4 aliphatic carbocycles. The third-order valence-corrected chi connectivity index (χ3v) is 9.37. The Morgan fingerprint density at radius 3 is 2.50 bits per heavy atom. The van der Waals surface area contributed by atoms with Gasteiger partial charge in [-0.1, -0.05) is 65.8 Å². The first kappa shape index (κ1) is 21.8. The molecule has 0 aromatic heterocycles. The summed E-state index contributed by atoms with van der Waals surface area (Å²) in [5.41, 5.74) is 4.03. The Hall–Kier alpha value is -1.41. The largest absolute Gasteiger partial charge is 0.389 e. The summed E-state index contributed by atoms with van der Waals surface area (Å²) in [7, 11) is 0. The highest BCUT2D eigenvalue weighted by molar-refractivity contribution is 5.92. The first-order chi connectivity index (χ1) is 14.1. The Bertz CT molecular complexity index is 841. The van der Waals surface area contributed by atoms with Crippen molar-refractivity contribution >= 4 is 5.78 Å². The van der Waals surface area contributed by atoms with E-state index in [2.05, 4.69) is 65.8 Å². The fourth-order valence-corrected chi connectivity index (χ4v) is 6.93. The van der Waals surface area contributed by atoms with E-state index in [1.807, 2.05) is 6.08 Å². The molecule has 0 spiro atoms. The van der Waals surface area contributed by atoms with Crippen LogP contribution in [0.5, 0.6) is 0 Å². The lowest BCUT2D eigenvalue weighted by atomic mass is 9.53. The van der Waals surface area contributed by atoms with Gasteiger partial charge in [-0.2, -0.15) is 0 Å². The maximum Gasteiger partial charge on any atom is 0.156 e. The van der Waals surface area contributed by atoms with E-state index in [4.69, 9.17) is 0 Å². The molecule has 1 saturated carbocycles. The second kappa shape index (κ2) is 7.62. The molecule has 4 aliphatic rings. The highest BCUT2D eigenvalue weighted by Gasteiger charge is 2.55. The monoisotopic (exact) mass is 408 g/mol. The normalized spacial score (nSPS) is 40.3. The van der Waals surface area contributed by atoms with Crippen LogP contribution >= 0.6 is 0 Å². The number of aliphatic hydroxyl groups is 1. The Balaban J connectivity index is 1.70. The molecule has 0 heterocycles. The van der Waals surface area contributed by atoms with E-state index in [0.29, 0.717) is 36.0 Å². The van der Waals surface area contributed by atoms with Crippen LogP contribution in [0.25, 0.3) is 0 Å². The number of rotatable bonds is 4. The molecule has 0 aliphatic heterocycles. The van der Waals surface area contributed by atoms with Crippen molar-refractivity contribution in [1.29, 1.82) is 0 Å². The lowest BCUT2D eigenvalue weighted by molar-refractivity contribution is -0.116. The molecule has 4 rings (SSSR count). The van der Waals surface area contributed by atoms with Gasteiger partial charge in [0.25, 0.3) is 0 Å². The molecule has 1 unspecified atom stereocenters. The fraction of sp³-hybridized carbons (Fsp3) is 0.679. The maximum absolute atomic E-state index is 12.0. The van der Waals surface area contributed by atoms with Crippen molar-refractivity contribution in [2.75, 3.05) is 0 Å². The van der Waals surface area contributed by atoms with Crippen molar-refractivity contribution < 1.29 is 9.90 Å². The summed E-state index contributed by atoms with van der Waals surface area (Å²) >= 11 is 0. The summed E-state index contributed by atoms with van der Waals surface area (Å²) in [4.78, 5) is 12.0. The average Bonchev–Trinajstić information content (AvgIpc) is 2.97. The number of allylic oxidation sites excluding steroid dienone is 7. The van der Waals surface area contributed by atoms with Crippen LogP contribution in [0, 0.1) is 40.4 Å². The topological polar surface area (TPSA) is 37.3 Å². The predicted molar refractivity (Wildman–Crippen MR) is 124 cm³/mol. The molecule has 7 atom stereocenters. The smallest absolute Gasteiger partial charge is 0.156 e. The van der Waals surface area contributed by atoms with Gasteiger partial charge in [0.05, 0.1) is 6.10 Å². The van der Waals surface area contributed by atoms with E-state index in [1.54, 1.807) is 0 Å². The number of hydrogen-bond acceptors (Lipinski definition) is 2. The van der Waals surface area contributed by atoms with Gasteiger partial charge in [-0.05, 0) is 88.9 Å². The molecule has 0 aromatic carbocycles. The fourth-order valence-electron chi connectivity index (χ4n) is 6.93. The summed E-state index contributed by atoms with van der Waals surface area (Å²) in [5.74, 6) is 2.89. The van der Waals surface area contributed by atoms with E-state index in [1.165, 1.54) is 16.7 Å². The predicted octanol–water partition coefficient (Wildman–Crippen LogP) is 6.43. The van der Waals surface area contributed by atoms with Crippen molar-refractivity contribution in [3.8, 4) is 0 Å². The van der Waals surface area contributed by atoms with Gasteiger partial charge >= 0.3 is 0 Å². The molecule has 2 heteroatoms. The van der Waals surface area contributed by atoms with Crippen molar-refractivity contribution in [3.63, 3.8) is 0 Å². The van der Waals surface area contributed by atoms with Gasteiger partial charge < -0.3 is 5.11 Å². The molecular formula is C28H40O2. The summed E-state index contributed by atoms with van der Waals surface area (Å²) in [6, 6.07) is 0. The zero-order valence-electron chi connectivity index (χ0n) is 19.7. The van der Waals surface area contributed by atoms with Crippen molar-refractivity contribution in [2.24, 2.45) is 40.4 Å². The van der Waals surface area contributed by atoms with Crippen LogP contribution in [-0.4, -0.2) is 17.0 Å². The van der Waals surface area contributed by atoms with Gasteiger partial charge in [0.2, 0.25) is 0 Å². The van der Waals surface area contributed by atoms with Gasteiger partial charge in [-0.15, -0.1) is 0 Å². The third-order valence-electron chi connectivity index (χ3n) is 9.37. The summed E-state index contributed by atoms with van der Waals surface area (Å²) in [5, 5.41) is 11.3. The molecule has 2 nitrogen and oxygen atoms in total. The molecule has 0 saturated heterocycles. The van der Waals surface area contributed by atoms with Crippen molar-refractivity contribution in [3.05, 3.63) is 47.1 Å². The van der Waals surface area contributed by atoms with Gasteiger partial charge in [-0.3, -0.25) is 4.79 Å². The molecule has 1 fully saturated rings. The van der Waals surface area contributed by atoms with Crippen LogP contribution in [0.3, 0.4) is 0 Å². The molecule has 0 radical (unpaired) electrons. The number of carbonyl (C=O) groups excluding carboxylic acids is 1. The standard InChI is InChI=1S/C28H40O2/c1-17(2)18(3)7-8-19(4)24-16-25(30)26-22-10-9-20-15-21(29)11-13-27(20,5)23(22)12-14-28(24,26)6/h7-10,15,17-19,23-25,30H,11-14,16H2,1-6H3/b8-7+/t18-,19+,23?,24+,25-,27-,28+/m0/s1. The average molecular weight is 409 g/mol. The molecule has 0 amide bonds.